The van der Waals surface area contributed by atoms with Crippen molar-refractivity contribution in [2.75, 3.05) is 9.80 Å². The topological polar surface area (TPSA) is 115 Å². The van der Waals surface area contributed by atoms with Crippen LogP contribution in [0.25, 0.3) is 0 Å². The van der Waals surface area contributed by atoms with E-state index in [0.29, 0.717) is 0 Å². The summed E-state index contributed by atoms with van der Waals surface area (Å²) < 4.78 is 0. The summed E-state index contributed by atoms with van der Waals surface area (Å²) in [5.41, 5.74) is 1.99. The average Bonchev–Trinajstić information content (AvgIpc) is 2.98. The Kier molecular flexibility index (Phi) is 9.04. The first-order chi connectivity index (χ1) is 19.3. The van der Waals surface area contributed by atoms with Crippen molar-refractivity contribution in [1.82, 2.24) is 0 Å². The summed E-state index contributed by atoms with van der Waals surface area (Å²) in [7, 11) is 0. The molecular weight excluding hydrogens is 508 g/mol. The smallest absolute Gasteiger partial charge is 0.337 e. The molecule has 0 radical (unpaired) electrons. The highest BCUT2D eigenvalue weighted by Gasteiger charge is 2.26. The molecule has 0 atom stereocenters. The Morgan fingerprint density at radius 2 is 0.800 bits per heavy atom. The number of nitrogens with zero attached hydrogens (tertiary/aromatic N) is 2. The highest BCUT2D eigenvalue weighted by Crippen LogP contribution is 2.26. The fourth-order valence-electron chi connectivity index (χ4n) is 4.41. The fraction of sp³-hybridized carbons (Fsp3) is 0.125. The van der Waals surface area contributed by atoms with Crippen LogP contribution in [-0.4, -0.2) is 34.0 Å². The molecule has 0 heterocycles. The Morgan fingerprint density at radius 1 is 0.475 bits per heavy atom. The third kappa shape index (κ3) is 6.79. The monoisotopic (exact) mass is 536 g/mol. The quantitative estimate of drug-likeness (QED) is 0.257. The molecule has 0 unspecified atom stereocenters. The number of carboxylic acid groups (broad SMARTS) is 2. The molecule has 0 saturated carbocycles. The van der Waals surface area contributed by atoms with E-state index in [2.05, 4.69) is 0 Å². The maximum absolute atomic E-state index is 13.6. The molecule has 0 bridgehead atoms. The van der Waals surface area contributed by atoms with E-state index in [-0.39, 0.29) is 48.4 Å². The number of rotatable bonds is 11. The first-order valence-electron chi connectivity index (χ1n) is 12.7. The van der Waals surface area contributed by atoms with Crippen molar-refractivity contribution in [3.05, 3.63) is 131 Å². The van der Waals surface area contributed by atoms with Crippen LogP contribution in [0.15, 0.2) is 109 Å². The van der Waals surface area contributed by atoms with Crippen molar-refractivity contribution >= 4 is 35.1 Å². The minimum absolute atomic E-state index is 0.0285. The Hall–Kier alpha value is -5.24. The number of amides is 2. The number of carbonyl (C=O) groups excluding carboxylic acids is 2. The van der Waals surface area contributed by atoms with Crippen molar-refractivity contribution in [1.29, 1.82) is 0 Å². The average molecular weight is 537 g/mol. The van der Waals surface area contributed by atoms with Gasteiger partial charge in [0, 0.05) is 12.8 Å². The Labute approximate surface area is 231 Å². The van der Waals surface area contributed by atoms with Crippen molar-refractivity contribution in [3.8, 4) is 0 Å². The maximum atomic E-state index is 13.6. The summed E-state index contributed by atoms with van der Waals surface area (Å²) in [6, 6.07) is 30.8. The maximum Gasteiger partial charge on any atom is 0.337 e. The zero-order chi connectivity index (χ0) is 28.5. The molecule has 0 aromatic heterocycles. The minimum Gasteiger partial charge on any atom is -0.478 e. The van der Waals surface area contributed by atoms with Gasteiger partial charge in [-0.1, -0.05) is 84.9 Å². The molecule has 8 heteroatoms. The molecule has 40 heavy (non-hydrogen) atoms. The van der Waals surface area contributed by atoms with Gasteiger partial charge in [0.2, 0.25) is 11.8 Å². The van der Waals surface area contributed by atoms with Crippen LogP contribution in [0.3, 0.4) is 0 Å². The number of hydrogen-bond donors (Lipinski definition) is 2. The molecule has 4 aromatic rings. The van der Waals surface area contributed by atoms with Gasteiger partial charge in [-0.05, 0) is 35.4 Å². The highest BCUT2D eigenvalue weighted by molar-refractivity contribution is 6.05. The van der Waals surface area contributed by atoms with Crippen molar-refractivity contribution < 1.29 is 29.4 Å². The van der Waals surface area contributed by atoms with Crippen LogP contribution in [0.5, 0.6) is 0 Å². The first-order valence-corrected chi connectivity index (χ1v) is 12.7. The third-order valence-corrected chi connectivity index (χ3v) is 6.37. The van der Waals surface area contributed by atoms with E-state index in [1.165, 1.54) is 21.9 Å². The number of aromatic carboxylic acids is 2. The number of para-hydroxylation sites is 2. The highest BCUT2D eigenvalue weighted by atomic mass is 16.4. The molecule has 2 amide bonds. The van der Waals surface area contributed by atoms with Gasteiger partial charge in [0.05, 0.1) is 35.6 Å². The Bertz CT molecular complexity index is 1390. The van der Waals surface area contributed by atoms with Gasteiger partial charge >= 0.3 is 11.9 Å². The van der Waals surface area contributed by atoms with E-state index in [1.54, 1.807) is 36.4 Å². The first kappa shape index (κ1) is 27.8. The van der Waals surface area contributed by atoms with E-state index in [1.807, 2.05) is 60.7 Å². The van der Waals surface area contributed by atoms with Gasteiger partial charge in [-0.3, -0.25) is 9.59 Å². The second-order valence-electron chi connectivity index (χ2n) is 9.08. The van der Waals surface area contributed by atoms with Gasteiger partial charge in [0.25, 0.3) is 0 Å². The molecule has 0 aliphatic rings. The summed E-state index contributed by atoms with van der Waals surface area (Å²) >= 11 is 0. The SMILES string of the molecule is O=C(O)c1ccccc1N(Cc1ccccc1)C(=O)CCC(=O)N(Cc1ccccc1)c1ccccc1C(=O)O. The summed E-state index contributed by atoms with van der Waals surface area (Å²) in [6.45, 7) is 0.238. The number of benzene rings is 4. The van der Waals surface area contributed by atoms with Crippen LogP contribution in [-0.2, 0) is 22.7 Å². The summed E-state index contributed by atoms with van der Waals surface area (Å²) in [4.78, 5) is 53.8. The van der Waals surface area contributed by atoms with Gasteiger partial charge in [0.15, 0.2) is 0 Å². The third-order valence-electron chi connectivity index (χ3n) is 6.37. The molecule has 2 N–H and O–H groups in total. The van der Waals surface area contributed by atoms with Crippen LogP contribution in [0.1, 0.15) is 44.7 Å². The number of carboxylic acids is 2. The second-order valence-corrected chi connectivity index (χ2v) is 9.08. The molecule has 202 valence electrons. The second kappa shape index (κ2) is 13.0. The normalized spacial score (nSPS) is 10.5. The van der Waals surface area contributed by atoms with E-state index >= 15 is 0 Å². The molecule has 4 rings (SSSR count). The van der Waals surface area contributed by atoms with Gasteiger partial charge in [-0.15, -0.1) is 0 Å². The zero-order valence-corrected chi connectivity index (χ0v) is 21.6. The van der Waals surface area contributed by atoms with E-state index in [4.69, 9.17) is 0 Å². The van der Waals surface area contributed by atoms with Crippen LogP contribution < -0.4 is 9.80 Å². The van der Waals surface area contributed by atoms with Crippen LogP contribution in [0, 0.1) is 0 Å². The standard InChI is InChI=1S/C32H28N2O6/c35-29(33(21-23-11-3-1-4-12-23)27-17-9-7-15-25(27)31(37)38)19-20-30(36)34(22-24-13-5-2-6-14-24)28-18-10-8-16-26(28)32(39)40/h1-18H,19-22H2,(H,37,38)(H,39,40). The van der Waals surface area contributed by atoms with Crippen LogP contribution >= 0.6 is 0 Å². The molecule has 0 fully saturated rings. The molecule has 0 saturated heterocycles. The molecule has 0 aliphatic heterocycles. The summed E-state index contributed by atoms with van der Waals surface area (Å²) in [5, 5.41) is 19.5. The Balaban J connectivity index is 1.62. The van der Waals surface area contributed by atoms with E-state index in [9.17, 15) is 29.4 Å². The van der Waals surface area contributed by atoms with Crippen molar-refractivity contribution in [3.63, 3.8) is 0 Å². The van der Waals surface area contributed by atoms with E-state index in [0.717, 1.165) is 11.1 Å². The van der Waals surface area contributed by atoms with Gasteiger partial charge in [-0.2, -0.15) is 0 Å². The van der Waals surface area contributed by atoms with Crippen molar-refractivity contribution in [2.45, 2.75) is 25.9 Å². The largest absolute Gasteiger partial charge is 0.478 e. The lowest BCUT2D eigenvalue weighted by atomic mass is 10.1. The number of anilines is 2. The Morgan fingerprint density at radius 3 is 1.15 bits per heavy atom. The van der Waals surface area contributed by atoms with Crippen LogP contribution in [0.2, 0.25) is 0 Å². The molecular formula is C32H28N2O6. The van der Waals surface area contributed by atoms with Crippen LogP contribution in [0.4, 0.5) is 11.4 Å². The lowest BCUT2D eigenvalue weighted by Gasteiger charge is -2.27. The molecule has 0 spiro atoms. The predicted molar refractivity (Wildman–Crippen MR) is 151 cm³/mol. The number of carbonyl (C=O) groups is 4. The molecule has 0 aliphatic carbocycles. The minimum atomic E-state index is -1.17. The van der Waals surface area contributed by atoms with Gasteiger partial charge in [-0.25, -0.2) is 9.59 Å². The van der Waals surface area contributed by atoms with Gasteiger partial charge < -0.3 is 20.0 Å². The van der Waals surface area contributed by atoms with E-state index < -0.39 is 23.8 Å². The molecule has 8 nitrogen and oxygen atoms in total. The zero-order valence-electron chi connectivity index (χ0n) is 21.6. The fourth-order valence-corrected chi connectivity index (χ4v) is 4.41. The lowest BCUT2D eigenvalue weighted by molar-refractivity contribution is -0.123. The summed E-state index contributed by atoms with van der Waals surface area (Å²) in [5.74, 6) is -3.21. The predicted octanol–water partition coefficient (Wildman–Crippen LogP) is 5.63. The number of hydrogen-bond acceptors (Lipinski definition) is 4. The molecule has 4 aromatic carbocycles. The van der Waals surface area contributed by atoms with Crippen molar-refractivity contribution in [2.24, 2.45) is 0 Å². The van der Waals surface area contributed by atoms with Gasteiger partial charge in [0.1, 0.15) is 0 Å². The summed E-state index contributed by atoms with van der Waals surface area (Å²) in [6.07, 6.45) is -0.416. The lowest BCUT2D eigenvalue weighted by Crippen LogP contribution is -2.35.